The maximum Gasteiger partial charge on any atom is 0.435 e. The Morgan fingerprint density at radius 1 is 0.536 bits per heavy atom. The van der Waals surface area contributed by atoms with Crippen molar-refractivity contribution in [3.8, 4) is 0 Å². The van der Waals surface area contributed by atoms with Crippen LogP contribution in [0.2, 0.25) is 0 Å². The fourth-order valence-corrected chi connectivity index (χ4v) is 5.87. The third kappa shape index (κ3) is 2.92. The van der Waals surface area contributed by atoms with Gasteiger partial charge in [0, 0.05) is 14.3 Å². The third-order valence-corrected chi connectivity index (χ3v) is 7.17. The number of halogens is 17. The first-order valence-corrected chi connectivity index (χ1v) is 7.86. The van der Waals surface area contributed by atoms with Gasteiger partial charge >= 0.3 is 35.8 Å². The molecule has 0 aromatic rings. The van der Waals surface area contributed by atoms with E-state index in [4.69, 9.17) is 0 Å². The molecule has 28 heavy (non-hydrogen) atoms. The maximum atomic E-state index is 14.6. The normalized spacial score (nSPS) is 28.0. The molecule has 1 aliphatic heterocycles. The van der Waals surface area contributed by atoms with Crippen molar-refractivity contribution in [1.82, 2.24) is 0 Å². The van der Waals surface area contributed by atoms with Gasteiger partial charge in [-0.3, -0.25) is 0 Å². The van der Waals surface area contributed by atoms with Crippen molar-refractivity contribution in [1.29, 1.82) is 0 Å². The van der Waals surface area contributed by atoms with Crippen LogP contribution in [0.5, 0.6) is 0 Å². The molecule has 2 unspecified atom stereocenters. The first-order valence-electron chi connectivity index (χ1n) is 6.33. The van der Waals surface area contributed by atoms with Gasteiger partial charge in [0.1, 0.15) is 0 Å². The molecule has 0 bridgehead atoms. The highest BCUT2D eigenvalue weighted by Crippen LogP contribution is 2.83. The van der Waals surface area contributed by atoms with Crippen LogP contribution < -0.4 is 0 Å². The molecule has 0 amide bonds. The van der Waals surface area contributed by atoms with Gasteiger partial charge in [-0.05, 0) is 6.16 Å². The summed E-state index contributed by atoms with van der Waals surface area (Å²) in [6.07, 6.45) is -36.2. The van der Waals surface area contributed by atoms with Gasteiger partial charge in [0.2, 0.25) is 5.41 Å². The van der Waals surface area contributed by atoms with Gasteiger partial charge in [0.15, 0.2) is 0 Å². The van der Waals surface area contributed by atoms with Crippen molar-refractivity contribution in [2.45, 2.75) is 53.5 Å². The average Bonchev–Trinajstić information content (AvgIpc) is 2.64. The van der Waals surface area contributed by atoms with E-state index in [-0.39, 0.29) is 0 Å². The molecule has 1 heterocycles. The minimum atomic E-state index is -7.94. The fraction of sp³-hybridized carbons (Fsp3) is 1.00. The predicted octanol–water partition coefficient (Wildman–Crippen LogP) is 6.80. The smallest absolute Gasteiger partial charge is 0.228 e. The maximum absolute atomic E-state index is 14.6. The zero-order valence-electron chi connectivity index (χ0n) is 12.3. The molecule has 0 aliphatic carbocycles. The molecule has 0 aromatic carbocycles. The van der Waals surface area contributed by atoms with E-state index in [0.29, 0.717) is 0 Å². The topological polar surface area (TPSA) is 0 Å². The summed E-state index contributed by atoms with van der Waals surface area (Å²) in [5, 5.41) is -14.6. The molecule has 18 heteroatoms. The number of alkyl halides is 17. The Balaban J connectivity index is 4.05. The van der Waals surface area contributed by atoms with Gasteiger partial charge in [-0.2, -0.15) is 52.7 Å². The summed E-state index contributed by atoms with van der Waals surface area (Å²) in [6.45, 7) is 0. The minimum absolute atomic E-state index is 2.77. The first kappa shape index (κ1) is 25.3. The summed E-state index contributed by atoms with van der Waals surface area (Å²) in [5.74, 6) is -6.38. The van der Waals surface area contributed by atoms with Crippen LogP contribution in [0.15, 0.2) is 0 Å². The molecule has 168 valence electrons. The largest absolute Gasteiger partial charge is 0.435 e. The standard InChI is InChI=1S/C10H4F17P/c11-3(12)1-2-28(6(15,9(22,23)24)10(25,26)27)5(3,14)4(13,7(16,17)18)8(19,20)21/h1-2H2. The molecule has 0 aromatic heterocycles. The van der Waals surface area contributed by atoms with E-state index in [2.05, 4.69) is 0 Å². The van der Waals surface area contributed by atoms with E-state index < -0.39 is 67.6 Å². The van der Waals surface area contributed by atoms with Crippen LogP contribution in [0, 0.1) is 0 Å². The lowest BCUT2D eigenvalue weighted by Gasteiger charge is -2.48. The summed E-state index contributed by atoms with van der Waals surface area (Å²) in [5.41, 5.74) is -7.94. The van der Waals surface area contributed by atoms with Crippen LogP contribution in [0.1, 0.15) is 6.42 Å². The van der Waals surface area contributed by atoms with Gasteiger partial charge in [-0.25, -0.2) is 22.0 Å². The van der Waals surface area contributed by atoms with Gasteiger partial charge < -0.3 is 0 Å². The molecule has 0 spiro atoms. The van der Waals surface area contributed by atoms with Crippen LogP contribution >= 0.6 is 7.92 Å². The molecule has 0 N–H and O–H groups in total. The summed E-state index contributed by atoms with van der Waals surface area (Å²) in [7, 11) is -6.37. The quantitative estimate of drug-likeness (QED) is 0.303. The summed E-state index contributed by atoms with van der Waals surface area (Å²) in [6, 6.07) is 0. The van der Waals surface area contributed by atoms with Gasteiger partial charge in [-0.15, -0.1) is 0 Å². The molecule has 1 saturated heterocycles. The zero-order chi connectivity index (χ0) is 23.0. The average molecular weight is 478 g/mol. The highest BCUT2D eigenvalue weighted by atomic mass is 31.1. The van der Waals surface area contributed by atoms with Crippen LogP contribution in [0.4, 0.5) is 74.6 Å². The fourth-order valence-electron chi connectivity index (χ4n) is 2.58. The second-order valence-corrected chi connectivity index (χ2v) is 8.04. The Labute approximate surface area is 143 Å². The molecule has 1 aliphatic rings. The number of rotatable bonds is 2. The SMILES string of the molecule is FC(F)(F)C(F)(P1CCC(F)(F)C1(F)C(F)(C(F)(F)F)C(F)(F)F)C(F)(F)F. The van der Waals surface area contributed by atoms with E-state index in [1.165, 1.54) is 0 Å². The zero-order valence-corrected chi connectivity index (χ0v) is 13.2. The molecule has 2 atom stereocenters. The second-order valence-electron chi connectivity index (χ2n) is 5.50. The van der Waals surface area contributed by atoms with E-state index in [0.717, 1.165) is 0 Å². The lowest BCUT2D eigenvalue weighted by molar-refractivity contribution is -0.383. The first-order chi connectivity index (χ1) is 11.8. The van der Waals surface area contributed by atoms with Gasteiger partial charge in [-0.1, -0.05) is 0 Å². The molecule has 0 nitrogen and oxygen atoms in total. The van der Waals surface area contributed by atoms with Crippen LogP contribution in [-0.4, -0.2) is 53.3 Å². The Hall–Kier alpha value is -0.760. The molecule has 0 radical (unpaired) electrons. The Morgan fingerprint density at radius 2 is 0.857 bits per heavy atom. The van der Waals surface area contributed by atoms with Crippen LogP contribution in [0.3, 0.4) is 0 Å². The van der Waals surface area contributed by atoms with E-state index in [1.54, 1.807) is 0 Å². The predicted molar refractivity (Wildman–Crippen MR) is 57.1 cm³/mol. The number of hydrogen-bond acceptors (Lipinski definition) is 0. The Bertz CT molecular complexity index is 565. The molecule has 1 rings (SSSR count). The molecular formula is C10H4F17P. The van der Waals surface area contributed by atoms with Crippen molar-refractivity contribution in [3.63, 3.8) is 0 Å². The van der Waals surface area contributed by atoms with E-state index in [1.807, 2.05) is 0 Å². The van der Waals surface area contributed by atoms with Gasteiger partial charge in [0.05, 0.1) is 0 Å². The van der Waals surface area contributed by atoms with Crippen LogP contribution in [0.25, 0.3) is 0 Å². The van der Waals surface area contributed by atoms with Crippen molar-refractivity contribution >= 4 is 7.92 Å². The highest BCUT2D eigenvalue weighted by Gasteiger charge is 2.96. The number of hydrogen-bond donors (Lipinski definition) is 0. The minimum Gasteiger partial charge on any atom is -0.228 e. The summed E-state index contributed by atoms with van der Waals surface area (Å²) in [4.78, 5) is 0. The van der Waals surface area contributed by atoms with Crippen molar-refractivity contribution in [2.24, 2.45) is 0 Å². The van der Waals surface area contributed by atoms with E-state index in [9.17, 15) is 74.6 Å². The summed E-state index contributed by atoms with van der Waals surface area (Å²) >= 11 is 0. The van der Waals surface area contributed by atoms with Crippen molar-refractivity contribution in [2.75, 3.05) is 6.16 Å². The van der Waals surface area contributed by atoms with Crippen molar-refractivity contribution in [3.05, 3.63) is 0 Å². The van der Waals surface area contributed by atoms with E-state index >= 15 is 0 Å². The monoisotopic (exact) mass is 478 g/mol. The molecular weight excluding hydrogens is 474 g/mol. The lowest BCUT2D eigenvalue weighted by Crippen LogP contribution is -2.71. The molecule has 1 fully saturated rings. The lowest BCUT2D eigenvalue weighted by atomic mass is 9.91. The van der Waals surface area contributed by atoms with Crippen molar-refractivity contribution < 1.29 is 74.6 Å². The Morgan fingerprint density at radius 3 is 1.11 bits per heavy atom. The molecule has 0 saturated carbocycles. The Kier molecular flexibility index (Phi) is 5.53. The van der Waals surface area contributed by atoms with Gasteiger partial charge in [0.25, 0.3) is 5.92 Å². The second kappa shape index (κ2) is 6.13. The third-order valence-electron chi connectivity index (χ3n) is 3.87. The van der Waals surface area contributed by atoms with Crippen LogP contribution in [-0.2, 0) is 0 Å². The summed E-state index contributed by atoms with van der Waals surface area (Å²) < 4.78 is 222. The highest BCUT2D eigenvalue weighted by molar-refractivity contribution is 7.61.